The Morgan fingerprint density at radius 3 is 2.87 bits per heavy atom. The van der Waals surface area contributed by atoms with E-state index in [9.17, 15) is 9.59 Å². The Bertz CT molecular complexity index is 626. The third-order valence-electron chi connectivity index (χ3n) is 4.08. The zero-order valence-electron chi connectivity index (χ0n) is 13.8. The van der Waals surface area contributed by atoms with Gasteiger partial charge in [0.1, 0.15) is 17.6 Å². The van der Waals surface area contributed by atoms with E-state index in [4.69, 9.17) is 4.74 Å². The van der Waals surface area contributed by atoms with Crippen molar-refractivity contribution in [3.8, 4) is 0 Å². The van der Waals surface area contributed by atoms with Crippen molar-refractivity contribution in [2.45, 2.75) is 51.8 Å². The molecule has 3 rings (SSSR count). The highest BCUT2D eigenvalue weighted by Crippen LogP contribution is 2.26. The van der Waals surface area contributed by atoms with E-state index in [0.717, 1.165) is 18.4 Å². The van der Waals surface area contributed by atoms with Gasteiger partial charge in [-0.15, -0.1) is 0 Å². The molecule has 1 fully saturated rings. The van der Waals surface area contributed by atoms with Gasteiger partial charge in [0.15, 0.2) is 0 Å². The molecule has 0 saturated carbocycles. The highest BCUT2D eigenvalue weighted by Gasteiger charge is 2.37. The Morgan fingerprint density at radius 2 is 2.17 bits per heavy atom. The number of aromatic nitrogens is 2. The van der Waals surface area contributed by atoms with Gasteiger partial charge in [-0.25, -0.2) is 14.8 Å². The molecular formula is C16H22N4O3. The molecular weight excluding hydrogens is 296 g/mol. The number of carbonyl (C=O) groups excluding carboxylic acids is 2. The predicted molar refractivity (Wildman–Crippen MR) is 82.7 cm³/mol. The lowest BCUT2D eigenvalue weighted by Crippen LogP contribution is -2.50. The summed E-state index contributed by atoms with van der Waals surface area (Å²) in [5.41, 5.74) is 0.820. The minimum atomic E-state index is -0.515. The quantitative estimate of drug-likeness (QED) is 0.789. The number of nitrogens with zero attached hydrogens (tertiary/aromatic N) is 4. The maximum atomic E-state index is 12.5. The Labute approximate surface area is 135 Å². The Morgan fingerprint density at radius 1 is 1.39 bits per heavy atom. The SMILES string of the molecule is CC(C)(C)OC(=O)N1CCC[C@H](N2Cc3cncnc3C2=O)C1. The summed E-state index contributed by atoms with van der Waals surface area (Å²) in [7, 11) is 0. The van der Waals surface area contributed by atoms with Crippen molar-refractivity contribution >= 4 is 12.0 Å². The second-order valence-corrected chi connectivity index (χ2v) is 7.05. The number of amides is 2. The van der Waals surface area contributed by atoms with Crippen molar-refractivity contribution in [3.63, 3.8) is 0 Å². The first-order valence-corrected chi connectivity index (χ1v) is 7.93. The highest BCUT2D eigenvalue weighted by atomic mass is 16.6. The molecule has 2 aliphatic heterocycles. The summed E-state index contributed by atoms with van der Waals surface area (Å²) in [6, 6.07) is -0.00188. The maximum Gasteiger partial charge on any atom is 0.410 e. The summed E-state index contributed by atoms with van der Waals surface area (Å²) in [4.78, 5) is 36.3. The van der Waals surface area contributed by atoms with Crippen LogP contribution in [0, 0.1) is 0 Å². The lowest BCUT2D eigenvalue weighted by atomic mass is 10.0. The van der Waals surface area contributed by atoms with Gasteiger partial charge in [-0.3, -0.25) is 4.79 Å². The third kappa shape index (κ3) is 3.28. The first kappa shape index (κ1) is 15.7. The molecule has 0 aromatic carbocycles. The molecule has 0 aliphatic carbocycles. The van der Waals surface area contributed by atoms with E-state index in [1.165, 1.54) is 6.33 Å². The van der Waals surface area contributed by atoms with E-state index >= 15 is 0 Å². The van der Waals surface area contributed by atoms with Crippen LogP contribution in [0.1, 0.15) is 49.7 Å². The largest absolute Gasteiger partial charge is 0.444 e. The van der Waals surface area contributed by atoms with Crippen LogP contribution in [0.15, 0.2) is 12.5 Å². The minimum Gasteiger partial charge on any atom is -0.444 e. The number of hydrogen-bond donors (Lipinski definition) is 0. The summed E-state index contributed by atoms with van der Waals surface area (Å²) in [6.07, 6.45) is 4.51. The molecule has 3 heterocycles. The van der Waals surface area contributed by atoms with Crippen LogP contribution in [0.2, 0.25) is 0 Å². The molecule has 1 atom stereocenters. The third-order valence-corrected chi connectivity index (χ3v) is 4.08. The van der Waals surface area contributed by atoms with Gasteiger partial charge in [-0.1, -0.05) is 0 Å². The van der Waals surface area contributed by atoms with Gasteiger partial charge < -0.3 is 14.5 Å². The number of likely N-dealkylation sites (tertiary alicyclic amines) is 1. The Kier molecular flexibility index (Phi) is 3.95. The topological polar surface area (TPSA) is 75.6 Å². The fourth-order valence-electron chi connectivity index (χ4n) is 3.05. The maximum absolute atomic E-state index is 12.5. The van der Waals surface area contributed by atoms with E-state index in [0.29, 0.717) is 25.3 Å². The van der Waals surface area contributed by atoms with Crippen molar-refractivity contribution in [1.29, 1.82) is 0 Å². The highest BCUT2D eigenvalue weighted by molar-refractivity contribution is 5.96. The summed E-state index contributed by atoms with van der Waals surface area (Å²) in [5.74, 6) is -0.0709. The monoisotopic (exact) mass is 318 g/mol. The molecule has 23 heavy (non-hydrogen) atoms. The van der Waals surface area contributed by atoms with Crippen LogP contribution in [0.3, 0.4) is 0 Å². The van der Waals surface area contributed by atoms with Gasteiger partial charge in [-0.2, -0.15) is 0 Å². The van der Waals surface area contributed by atoms with E-state index in [-0.39, 0.29) is 18.0 Å². The van der Waals surface area contributed by atoms with Gasteiger partial charge in [0.05, 0.1) is 12.6 Å². The molecule has 7 nitrogen and oxygen atoms in total. The average Bonchev–Trinajstić information content (AvgIpc) is 2.83. The molecule has 124 valence electrons. The fourth-order valence-corrected chi connectivity index (χ4v) is 3.05. The Hall–Kier alpha value is -2.18. The van der Waals surface area contributed by atoms with Gasteiger partial charge >= 0.3 is 6.09 Å². The standard InChI is InChI=1S/C16H22N4O3/c1-16(2,3)23-15(22)19-6-4-5-12(9-19)20-8-11-7-17-10-18-13(11)14(20)21/h7,10,12H,4-6,8-9H2,1-3H3/t12-/m0/s1. The zero-order chi connectivity index (χ0) is 16.6. The van der Waals surface area contributed by atoms with Crippen LogP contribution in [-0.4, -0.2) is 56.5 Å². The number of piperidine rings is 1. The van der Waals surface area contributed by atoms with Crippen molar-refractivity contribution in [2.24, 2.45) is 0 Å². The molecule has 0 radical (unpaired) electrons. The van der Waals surface area contributed by atoms with Crippen LogP contribution >= 0.6 is 0 Å². The van der Waals surface area contributed by atoms with Crippen LogP contribution in [0.25, 0.3) is 0 Å². The van der Waals surface area contributed by atoms with Crippen molar-refractivity contribution in [3.05, 3.63) is 23.8 Å². The first-order chi connectivity index (χ1) is 10.8. The van der Waals surface area contributed by atoms with E-state index in [1.807, 2.05) is 20.8 Å². The van der Waals surface area contributed by atoms with E-state index in [1.54, 1.807) is 16.0 Å². The smallest absolute Gasteiger partial charge is 0.410 e. The lowest BCUT2D eigenvalue weighted by molar-refractivity contribution is 0.0106. The number of carbonyl (C=O) groups is 2. The molecule has 0 bridgehead atoms. The van der Waals surface area contributed by atoms with Crippen molar-refractivity contribution in [2.75, 3.05) is 13.1 Å². The number of fused-ring (bicyclic) bond motifs is 1. The Balaban J connectivity index is 1.68. The molecule has 0 unspecified atom stereocenters. The lowest BCUT2D eigenvalue weighted by Gasteiger charge is -2.37. The molecule has 0 spiro atoms. The summed E-state index contributed by atoms with van der Waals surface area (Å²) in [5, 5.41) is 0. The second-order valence-electron chi connectivity index (χ2n) is 7.05. The van der Waals surface area contributed by atoms with Crippen LogP contribution < -0.4 is 0 Å². The average molecular weight is 318 g/mol. The molecule has 1 aromatic rings. The molecule has 1 aromatic heterocycles. The molecule has 1 saturated heterocycles. The van der Waals surface area contributed by atoms with E-state index < -0.39 is 5.60 Å². The first-order valence-electron chi connectivity index (χ1n) is 7.93. The predicted octanol–water partition coefficient (Wildman–Crippen LogP) is 1.83. The summed E-state index contributed by atoms with van der Waals surface area (Å²) < 4.78 is 5.44. The van der Waals surface area contributed by atoms with Gasteiger partial charge in [-0.05, 0) is 33.6 Å². The number of ether oxygens (including phenoxy) is 1. The van der Waals surface area contributed by atoms with Crippen molar-refractivity contribution < 1.29 is 14.3 Å². The van der Waals surface area contributed by atoms with Crippen LogP contribution in [0.5, 0.6) is 0 Å². The molecule has 2 amide bonds. The summed E-state index contributed by atoms with van der Waals surface area (Å²) in [6.45, 7) is 7.24. The minimum absolute atomic E-state index is 0.00188. The number of hydrogen-bond acceptors (Lipinski definition) is 5. The fraction of sp³-hybridized carbons (Fsp3) is 0.625. The van der Waals surface area contributed by atoms with Crippen LogP contribution in [0.4, 0.5) is 4.79 Å². The molecule has 0 N–H and O–H groups in total. The second kappa shape index (κ2) is 5.79. The number of rotatable bonds is 1. The normalized spacial score (nSPS) is 21.3. The van der Waals surface area contributed by atoms with Gasteiger partial charge in [0.2, 0.25) is 0 Å². The van der Waals surface area contributed by atoms with Gasteiger partial charge in [0, 0.05) is 24.8 Å². The zero-order valence-corrected chi connectivity index (χ0v) is 13.8. The van der Waals surface area contributed by atoms with Crippen LogP contribution in [-0.2, 0) is 11.3 Å². The van der Waals surface area contributed by atoms with Crippen molar-refractivity contribution in [1.82, 2.24) is 19.8 Å². The van der Waals surface area contributed by atoms with Gasteiger partial charge in [0.25, 0.3) is 5.91 Å². The molecule has 2 aliphatic rings. The van der Waals surface area contributed by atoms with E-state index in [2.05, 4.69) is 9.97 Å². The molecule has 7 heteroatoms. The summed E-state index contributed by atoms with van der Waals surface area (Å²) >= 11 is 0.